The molecular formula is C28H27N3O4. The molecule has 35 heavy (non-hydrogen) atoms. The van der Waals surface area contributed by atoms with E-state index >= 15 is 0 Å². The molecule has 0 bridgehead atoms. The number of fused-ring (bicyclic) bond motifs is 1. The van der Waals surface area contributed by atoms with Gasteiger partial charge in [0, 0.05) is 5.56 Å². The number of aromatic nitrogens is 2. The smallest absolute Gasteiger partial charge is 0.265 e. The van der Waals surface area contributed by atoms with Crippen molar-refractivity contribution in [3.63, 3.8) is 0 Å². The highest BCUT2D eigenvalue weighted by Crippen LogP contribution is 2.37. The van der Waals surface area contributed by atoms with E-state index in [-0.39, 0.29) is 24.5 Å². The molecule has 0 atom stereocenters. The van der Waals surface area contributed by atoms with Gasteiger partial charge in [0.05, 0.1) is 5.69 Å². The number of amides is 1. The molecule has 0 radical (unpaired) electrons. The third-order valence-corrected chi connectivity index (χ3v) is 5.89. The number of rotatable bonds is 6. The lowest BCUT2D eigenvalue weighted by atomic mass is 9.86. The first-order valence-electron chi connectivity index (χ1n) is 11.5. The Morgan fingerprint density at radius 2 is 1.77 bits per heavy atom. The Labute approximate surface area is 204 Å². The number of hydrogen-bond donors (Lipinski definition) is 0. The molecule has 3 aromatic carbocycles. The first kappa shape index (κ1) is 22.7. The van der Waals surface area contributed by atoms with Crippen LogP contribution in [0, 0.1) is 0 Å². The Kier molecular flexibility index (Phi) is 5.99. The second-order valence-electron chi connectivity index (χ2n) is 9.51. The number of hydrogen-bond acceptors (Lipinski definition) is 6. The Balaban J connectivity index is 1.30. The van der Waals surface area contributed by atoms with E-state index in [2.05, 4.69) is 30.9 Å². The molecule has 5 rings (SSSR count). The Morgan fingerprint density at radius 3 is 2.51 bits per heavy atom. The average molecular weight is 470 g/mol. The number of nitrogens with zero attached hydrogens (tertiary/aromatic N) is 3. The van der Waals surface area contributed by atoms with Crippen LogP contribution in [0.5, 0.6) is 11.5 Å². The molecular weight excluding hydrogens is 442 g/mol. The molecule has 0 unspecified atom stereocenters. The van der Waals surface area contributed by atoms with Crippen LogP contribution in [0.4, 0.5) is 5.69 Å². The van der Waals surface area contributed by atoms with Crippen LogP contribution >= 0.6 is 0 Å². The van der Waals surface area contributed by atoms with Crippen molar-refractivity contribution in [1.82, 2.24) is 10.1 Å². The van der Waals surface area contributed by atoms with Gasteiger partial charge in [-0.15, -0.1) is 0 Å². The second-order valence-corrected chi connectivity index (χ2v) is 9.51. The van der Waals surface area contributed by atoms with Crippen molar-refractivity contribution < 1.29 is 18.8 Å². The topological polar surface area (TPSA) is 77.7 Å². The van der Waals surface area contributed by atoms with E-state index in [1.165, 1.54) is 0 Å². The van der Waals surface area contributed by atoms with Crippen molar-refractivity contribution in [2.75, 3.05) is 11.5 Å². The zero-order valence-electron chi connectivity index (χ0n) is 20.0. The minimum atomic E-state index is -0.150. The van der Waals surface area contributed by atoms with E-state index in [0.717, 1.165) is 22.4 Å². The lowest BCUT2D eigenvalue weighted by Gasteiger charge is -2.30. The van der Waals surface area contributed by atoms with Gasteiger partial charge in [-0.1, -0.05) is 62.3 Å². The summed E-state index contributed by atoms with van der Waals surface area (Å²) in [5.74, 6) is 2.09. The van der Waals surface area contributed by atoms with Gasteiger partial charge >= 0.3 is 0 Å². The van der Waals surface area contributed by atoms with Gasteiger partial charge in [-0.3, -0.25) is 9.69 Å². The normalized spacial score (nSPS) is 13.3. The summed E-state index contributed by atoms with van der Waals surface area (Å²) in [6.45, 7) is 7.05. The summed E-state index contributed by atoms with van der Waals surface area (Å²) < 4.78 is 17.0. The van der Waals surface area contributed by atoms with E-state index in [1.807, 2.05) is 72.8 Å². The Hall–Kier alpha value is -4.13. The maximum atomic E-state index is 12.7. The molecule has 1 aliphatic rings. The summed E-state index contributed by atoms with van der Waals surface area (Å²) in [5.41, 5.74) is 3.67. The average Bonchev–Trinajstić information content (AvgIpc) is 3.33. The van der Waals surface area contributed by atoms with Gasteiger partial charge in [-0.2, -0.15) is 4.98 Å². The summed E-state index contributed by atoms with van der Waals surface area (Å²) in [7, 11) is 0. The zero-order chi connectivity index (χ0) is 24.4. The molecule has 0 saturated carbocycles. The van der Waals surface area contributed by atoms with Crippen LogP contribution in [0.3, 0.4) is 0 Å². The molecule has 7 nitrogen and oxygen atoms in total. The maximum absolute atomic E-state index is 12.7. The highest BCUT2D eigenvalue weighted by Gasteiger charge is 2.29. The number of ether oxygens (including phenoxy) is 2. The molecule has 0 N–H and O–H groups in total. The first-order chi connectivity index (χ1) is 16.9. The van der Waals surface area contributed by atoms with E-state index in [9.17, 15) is 4.79 Å². The summed E-state index contributed by atoms with van der Waals surface area (Å²) >= 11 is 0. The van der Waals surface area contributed by atoms with Crippen LogP contribution in [0.2, 0.25) is 0 Å². The SMILES string of the molecule is CC(C)(C)c1ccc2c(c1)N(Cc1nc(-c3ccc(OCc4ccccc4)cc3)no1)C(=O)CO2. The highest BCUT2D eigenvalue weighted by molar-refractivity contribution is 5.97. The summed E-state index contributed by atoms with van der Waals surface area (Å²) in [6.07, 6.45) is 0. The Morgan fingerprint density at radius 1 is 1.00 bits per heavy atom. The first-order valence-corrected chi connectivity index (χ1v) is 11.5. The van der Waals surface area contributed by atoms with E-state index in [0.29, 0.717) is 29.8 Å². The predicted molar refractivity (Wildman–Crippen MR) is 132 cm³/mol. The predicted octanol–water partition coefficient (Wildman–Crippen LogP) is 5.54. The van der Waals surface area contributed by atoms with Gasteiger partial charge in [-0.05, 0) is 52.9 Å². The minimum Gasteiger partial charge on any atom is -0.489 e. The van der Waals surface area contributed by atoms with Crippen LogP contribution < -0.4 is 14.4 Å². The molecule has 4 aromatic rings. The summed E-state index contributed by atoms with van der Waals surface area (Å²) in [5, 5.41) is 4.12. The lowest BCUT2D eigenvalue weighted by molar-refractivity contribution is -0.121. The van der Waals surface area contributed by atoms with Crippen molar-refractivity contribution >= 4 is 11.6 Å². The van der Waals surface area contributed by atoms with Crippen molar-refractivity contribution in [3.8, 4) is 22.9 Å². The molecule has 0 spiro atoms. The monoisotopic (exact) mass is 469 g/mol. The van der Waals surface area contributed by atoms with Crippen LogP contribution in [0.1, 0.15) is 37.8 Å². The highest BCUT2D eigenvalue weighted by atomic mass is 16.5. The van der Waals surface area contributed by atoms with Crippen molar-refractivity contribution in [2.24, 2.45) is 0 Å². The molecule has 1 amide bonds. The van der Waals surface area contributed by atoms with E-state index in [1.54, 1.807) is 4.90 Å². The lowest BCUT2D eigenvalue weighted by Crippen LogP contribution is -2.38. The fourth-order valence-corrected chi connectivity index (χ4v) is 3.85. The molecule has 0 fully saturated rings. The quantitative estimate of drug-likeness (QED) is 0.369. The maximum Gasteiger partial charge on any atom is 0.265 e. The minimum absolute atomic E-state index is 0.0205. The van der Waals surface area contributed by atoms with Crippen molar-refractivity contribution in [2.45, 2.75) is 39.3 Å². The van der Waals surface area contributed by atoms with Crippen LogP contribution in [-0.4, -0.2) is 22.7 Å². The largest absolute Gasteiger partial charge is 0.489 e. The van der Waals surface area contributed by atoms with Gasteiger partial charge in [0.1, 0.15) is 24.7 Å². The fourth-order valence-electron chi connectivity index (χ4n) is 3.85. The number of anilines is 1. The van der Waals surface area contributed by atoms with Gasteiger partial charge in [0.15, 0.2) is 6.61 Å². The second kappa shape index (κ2) is 9.25. The molecule has 1 aromatic heterocycles. The van der Waals surface area contributed by atoms with Gasteiger partial charge in [0.25, 0.3) is 5.91 Å². The van der Waals surface area contributed by atoms with Crippen molar-refractivity contribution in [3.05, 3.63) is 89.8 Å². The van der Waals surface area contributed by atoms with Gasteiger partial charge < -0.3 is 14.0 Å². The molecule has 0 aliphatic carbocycles. The molecule has 0 saturated heterocycles. The number of carbonyl (C=O) groups excluding carboxylic acids is 1. The Bertz CT molecular complexity index is 1320. The van der Waals surface area contributed by atoms with Crippen LogP contribution in [-0.2, 0) is 23.4 Å². The van der Waals surface area contributed by atoms with Crippen LogP contribution in [0.15, 0.2) is 77.3 Å². The molecule has 1 aliphatic heterocycles. The third kappa shape index (κ3) is 5.04. The fraction of sp³-hybridized carbons (Fsp3) is 0.250. The van der Waals surface area contributed by atoms with Gasteiger partial charge in [0.2, 0.25) is 11.7 Å². The van der Waals surface area contributed by atoms with E-state index < -0.39 is 0 Å². The van der Waals surface area contributed by atoms with E-state index in [4.69, 9.17) is 14.0 Å². The number of carbonyl (C=O) groups is 1. The molecule has 7 heteroatoms. The van der Waals surface area contributed by atoms with Gasteiger partial charge in [-0.25, -0.2) is 0 Å². The van der Waals surface area contributed by atoms with Crippen LogP contribution in [0.25, 0.3) is 11.4 Å². The molecule has 178 valence electrons. The summed E-state index contributed by atoms with van der Waals surface area (Å²) in [6, 6.07) is 23.5. The zero-order valence-corrected chi connectivity index (χ0v) is 20.0. The summed E-state index contributed by atoms with van der Waals surface area (Å²) in [4.78, 5) is 18.9. The third-order valence-electron chi connectivity index (χ3n) is 5.89. The standard InChI is InChI=1S/C28H27N3O4/c1-28(2,3)21-11-14-24-23(15-21)31(26(32)18-34-24)16-25-29-27(30-35-25)20-9-12-22(13-10-20)33-17-19-7-5-4-6-8-19/h4-15H,16-18H2,1-3H3. The van der Waals surface area contributed by atoms with Crippen molar-refractivity contribution in [1.29, 1.82) is 0 Å². The number of benzene rings is 3. The molecule has 2 heterocycles.